The number of pyridine rings is 1. The summed E-state index contributed by atoms with van der Waals surface area (Å²) in [6.45, 7) is 4.18. The molecular formula is C27H23BrClN5O. The first-order valence-electron chi connectivity index (χ1n) is 11.2. The van der Waals surface area contributed by atoms with Crippen LogP contribution in [0.3, 0.4) is 0 Å². The molecule has 35 heavy (non-hydrogen) atoms. The molecule has 4 N–H and O–H groups in total. The number of nitrogens with two attached hydrogens (primary N) is 2. The highest BCUT2D eigenvalue weighted by molar-refractivity contribution is 9.10. The Hall–Kier alpha value is -3.34. The molecule has 5 rings (SSSR count). The Morgan fingerprint density at radius 3 is 2.40 bits per heavy atom. The molecule has 0 saturated carbocycles. The minimum absolute atomic E-state index is 0.0581. The molecule has 0 bridgehead atoms. The third kappa shape index (κ3) is 3.87. The van der Waals surface area contributed by atoms with Crippen LogP contribution in [0.2, 0.25) is 5.02 Å². The summed E-state index contributed by atoms with van der Waals surface area (Å²) >= 11 is 9.68. The number of fused-ring (bicyclic) bond motifs is 1. The molecule has 0 amide bonds. The van der Waals surface area contributed by atoms with Gasteiger partial charge in [0.25, 0.3) is 0 Å². The molecule has 3 aromatic rings. The summed E-state index contributed by atoms with van der Waals surface area (Å²) in [6, 6.07) is 17.3. The molecular weight excluding hydrogens is 526 g/mol. The molecule has 0 radical (unpaired) electrons. The van der Waals surface area contributed by atoms with Crippen LogP contribution in [0.1, 0.15) is 49.3 Å². The summed E-state index contributed by atoms with van der Waals surface area (Å²) < 4.78 is 0.923. The van der Waals surface area contributed by atoms with E-state index in [4.69, 9.17) is 28.1 Å². The van der Waals surface area contributed by atoms with Gasteiger partial charge in [-0.3, -0.25) is 9.69 Å². The number of carbonyl (C=O) groups excluding carboxylic acids is 1. The first kappa shape index (κ1) is 23.4. The van der Waals surface area contributed by atoms with Gasteiger partial charge in [-0.2, -0.15) is 5.26 Å². The molecule has 6 nitrogen and oxygen atoms in total. The van der Waals surface area contributed by atoms with E-state index in [-0.39, 0.29) is 28.3 Å². The molecule has 1 atom stereocenters. The van der Waals surface area contributed by atoms with E-state index in [9.17, 15) is 10.1 Å². The Balaban J connectivity index is 1.90. The number of allylic oxidation sites excluding steroid dienone is 2. The maximum atomic E-state index is 13.8. The van der Waals surface area contributed by atoms with Gasteiger partial charge in [-0.1, -0.05) is 53.5 Å². The largest absolute Gasteiger partial charge is 0.397 e. The van der Waals surface area contributed by atoms with Gasteiger partial charge in [0.15, 0.2) is 5.78 Å². The van der Waals surface area contributed by atoms with Gasteiger partial charge in [0.2, 0.25) is 0 Å². The quantitative estimate of drug-likeness (QED) is 0.380. The molecule has 0 spiro atoms. The van der Waals surface area contributed by atoms with Crippen molar-refractivity contribution in [2.24, 2.45) is 5.41 Å². The van der Waals surface area contributed by atoms with Gasteiger partial charge in [-0.05, 0) is 53.8 Å². The fourth-order valence-electron chi connectivity index (χ4n) is 5.15. The molecule has 1 aliphatic heterocycles. The third-order valence-electron chi connectivity index (χ3n) is 6.64. The van der Waals surface area contributed by atoms with Crippen LogP contribution >= 0.6 is 27.5 Å². The van der Waals surface area contributed by atoms with Crippen LogP contribution < -0.4 is 16.4 Å². The van der Waals surface area contributed by atoms with Gasteiger partial charge in [0.05, 0.1) is 5.69 Å². The van der Waals surface area contributed by atoms with Crippen molar-refractivity contribution in [1.82, 2.24) is 4.98 Å². The topological polar surface area (TPSA) is 109 Å². The lowest BCUT2D eigenvalue weighted by Gasteiger charge is -2.44. The monoisotopic (exact) mass is 547 g/mol. The summed E-state index contributed by atoms with van der Waals surface area (Å²) in [5.41, 5.74) is 16.8. The van der Waals surface area contributed by atoms with Gasteiger partial charge in [0.1, 0.15) is 23.3 Å². The second-order valence-electron chi connectivity index (χ2n) is 9.73. The molecule has 0 saturated heterocycles. The van der Waals surface area contributed by atoms with Gasteiger partial charge >= 0.3 is 0 Å². The fourth-order valence-corrected chi connectivity index (χ4v) is 5.54. The molecule has 8 heteroatoms. The Labute approximate surface area is 217 Å². The lowest BCUT2D eigenvalue weighted by atomic mass is 9.68. The van der Waals surface area contributed by atoms with Crippen molar-refractivity contribution in [3.63, 3.8) is 0 Å². The Bertz CT molecular complexity index is 1440. The van der Waals surface area contributed by atoms with Crippen LogP contribution in [-0.4, -0.2) is 10.8 Å². The number of ketones is 1. The molecule has 2 heterocycles. The van der Waals surface area contributed by atoms with Crippen molar-refractivity contribution in [3.8, 4) is 6.07 Å². The van der Waals surface area contributed by atoms with E-state index < -0.39 is 5.92 Å². The molecule has 2 aromatic carbocycles. The predicted molar refractivity (Wildman–Crippen MR) is 142 cm³/mol. The number of rotatable bonds is 2. The Kier molecular flexibility index (Phi) is 5.62. The maximum Gasteiger partial charge on any atom is 0.162 e. The number of hydrogen-bond donors (Lipinski definition) is 2. The fraction of sp³-hybridized carbons (Fsp3) is 0.222. The van der Waals surface area contributed by atoms with Crippen LogP contribution in [0.4, 0.5) is 23.0 Å². The number of Topliss-reactive ketones (excluding diaryl/α,β-unsaturated/α-hetero) is 1. The number of nitrogen functional groups attached to an aromatic ring is 2. The first-order valence-corrected chi connectivity index (χ1v) is 12.3. The number of nitriles is 1. The van der Waals surface area contributed by atoms with Gasteiger partial charge in [0, 0.05) is 44.4 Å². The zero-order chi connectivity index (χ0) is 25.1. The number of anilines is 4. The molecule has 1 aliphatic carbocycles. The second kappa shape index (κ2) is 8.40. The molecule has 1 unspecified atom stereocenters. The van der Waals surface area contributed by atoms with Gasteiger partial charge in [-0.25, -0.2) is 4.98 Å². The van der Waals surface area contributed by atoms with E-state index in [1.807, 2.05) is 41.3 Å². The standard InChI is InChI=1S/C27H23BrClN5O/c1-27(2)11-19-22(20(35)12-27)21(14-3-5-15(28)6-4-14)23-24(31)18(13-30)25(32)33-26(23)34(19)17-9-7-16(29)8-10-17/h3-10,21H,11-12H2,1-2H3,(H4,31,32,33). The summed E-state index contributed by atoms with van der Waals surface area (Å²) in [7, 11) is 0. The van der Waals surface area contributed by atoms with Crippen LogP contribution in [0.25, 0.3) is 0 Å². The number of benzene rings is 2. The number of carbonyl (C=O) groups is 1. The maximum absolute atomic E-state index is 13.8. The molecule has 1 aromatic heterocycles. The van der Waals surface area contributed by atoms with E-state index in [1.165, 1.54) is 0 Å². The van der Waals surface area contributed by atoms with Crippen molar-refractivity contribution in [3.05, 3.63) is 86.0 Å². The first-order chi connectivity index (χ1) is 16.6. The average Bonchev–Trinajstić information content (AvgIpc) is 2.79. The second-order valence-corrected chi connectivity index (χ2v) is 11.1. The molecule has 2 aliphatic rings. The molecule has 0 fully saturated rings. The summed E-state index contributed by atoms with van der Waals surface area (Å²) in [6.07, 6.45) is 1.07. The normalized spacial score (nSPS) is 18.7. The number of hydrogen-bond acceptors (Lipinski definition) is 6. The minimum atomic E-state index is -0.472. The molecule has 176 valence electrons. The van der Waals surface area contributed by atoms with Crippen LogP contribution in [-0.2, 0) is 4.79 Å². The summed E-state index contributed by atoms with van der Waals surface area (Å²) in [5.74, 6) is 0.171. The highest BCUT2D eigenvalue weighted by atomic mass is 79.9. The predicted octanol–water partition coefficient (Wildman–Crippen LogP) is 6.46. The van der Waals surface area contributed by atoms with Crippen molar-refractivity contribution in [2.75, 3.05) is 16.4 Å². The highest BCUT2D eigenvalue weighted by Gasteiger charge is 2.45. The highest BCUT2D eigenvalue weighted by Crippen LogP contribution is 2.55. The van der Waals surface area contributed by atoms with Crippen LogP contribution in [0.5, 0.6) is 0 Å². The minimum Gasteiger partial charge on any atom is -0.397 e. The van der Waals surface area contributed by atoms with Crippen molar-refractivity contribution < 1.29 is 4.79 Å². The average molecular weight is 549 g/mol. The van der Waals surface area contributed by atoms with E-state index in [0.717, 1.165) is 21.4 Å². The van der Waals surface area contributed by atoms with Crippen molar-refractivity contribution in [1.29, 1.82) is 5.26 Å². The van der Waals surface area contributed by atoms with Crippen LogP contribution in [0.15, 0.2) is 64.3 Å². The third-order valence-corrected chi connectivity index (χ3v) is 7.42. The van der Waals surface area contributed by atoms with E-state index in [1.54, 1.807) is 12.1 Å². The van der Waals surface area contributed by atoms with Crippen molar-refractivity contribution >= 4 is 56.3 Å². The lowest BCUT2D eigenvalue weighted by molar-refractivity contribution is -0.118. The van der Waals surface area contributed by atoms with E-state index >= 15 is 0 Å². The number of aromatic nitrogens is 1. The summed E-state index contributed by atoms with van der Waals surface area (Å²) in [4.78, 5) is 20.5. The van der Waals surface area contributed by atoms with Crippen molar-refractivity contribution in [2.45, 2.75) is 32.6 Å². The summed E-state index contributed by atoms with van der Waals surface area (Å²) in [5, 5.41) is 10.4. The number of nitrogens with zero attached hydrogens (tertiary/aromatic N) is 3. The number of halogens is 2. The Morgan fingerprint density at radius 1 is 1.11 bits per heavy atom. The SMILES string of the molecule is CC1(C)CC(=O)C2=C(C1)N(c1ccc(Cl)cc1)c1nc(N)c(C#N)c(N)c1C2c1ccc(Br)cc1. The zero-order valence-electron chi connectivity index (χ0n) is 19.3. The van der Waals surface area contributed by atoms with Gasteiger partial charge < -0.3 is 11.5 Å². The van der Waals surface area contributed by atoms with E-state index in [0.29, 0.717) is 34.8 Å². The zero-order valence-corrected chi connectivity index (χ0v) is 21.6. The smallest absolute Gasteiger partial charge is 0.162 e. The van der Waals surface area contributed by atoms with E-state index in [2.05, 4.69) is 35.8 Å². The van der Waals surface area contributed by atoms with Crippen LogP contribution in [0, 0.1) is 16.7 Å². The lowest BCUT2D eigenvalue weighted by Crippen LogP contribution is -2.38. The van der Waals surface area contributed by atoms with Gasteiger partial charge in [-0.15, -0.1) is 0 Å². The Morgan fingerprint density at radius 2 is 1.77 bits per heavy atom.